The molecule has 1 saturated carbocycles. The molecule has 2 rings (SSSR count). The number of hydrogen-bond donors (Lipinski definition) is 0. The van der Waals surface area contributed by atoms with Crippen LogP contribution in [0.4, 0.5) is 4.39 Å². The molecule has 0 heterocycles. The summed E-state index contributed by atoms with van der Waals surface area (Å²) in [6, 6.07) is 5.09. The molecular formula is C20H27FO. The number of unbranched alkanes of at least 4 members (excludes halogenated alkanes) is 2. The molecule has 0 bridgehead atoms. The lowest BCUT2D eigenvalue weighted by atomic mass is 9.77. The van der Waals surface area contributed by atoms with Gasteiger partial charge in [-0.1, -0.05) is 45.3 Å². The highest BCUT2D eigenvalue weighted by Gasteiger charge is 2.23. The van der Waals surface area contributed by atoms with Crippen LogP contribution in [0.3, 0.4) is 0 Å². The van der Waals surface area contributed by atoms with Gasteiger partial charge in [-0.15, -0.1) is 0 Å². The third-order valence-corrected chi connectivity index (χ3v) is 4.98. The van der Waals surface area contributed by atoms with E-state index in [0.29, 0.717) is 5.92 Å². The Morgan fingerprint density at radius 1 is 1.27 bits per heavy atom. The zero-order valence-electron chi connectivity index (χ0n) is 13.6. The minimum atomic E-state index is -0.410. The molecule has 120 valence electrons. The number of carbonyl (C=O) groups is 1. The van der Waals surface area contributed by atoms with Crippen LogP contribution in [0.2, 0.25) is 0 Å². The van der Waals surface area contributed by atoms with Gasteiger partial charge in [-0.05, 0) is 61.3 Å². The first-order valence-electron chi connectivity index (χ1n) is 8.62. The predicted molar refractivity (Wildman–Crippen MR) is 89.8 cm³/mol. The summed E-state index contributed by atoms with van der Waals surface area (Å²) >= 11 is 0. The third-order valence-electron chi connectivity index (χ3n) is 4.98. The van der Waals surface area contributed by atoms with Gasteiger partial charge in [0.2, 0.25) is 0 Å². The van der Waals surface area contributed by atoms with E-state index in [1.54, 1.807) is 12.1 Å². The van der Waals surface area contributed by atoms with E-state index in [1.807, 2.05) is 6.07 Å². The number of rotatable bonds is 7. The minimum absolute atomic E-state index is 0.131. The van der Waals surface area contributed by atoms with Crippen molar-refractivity contribution in [3.05, 3.63) is 47.8 Å². The molecule has 0 atom stereocenters. The van der Waals surface area contributed by atoms with Crippen molar-refractivity contribution in [2.75, 3.05) is 0 Å². The largest absolute Gasteiger partial charge is 0.289 e. The Kier molecular flexibility index (Phi) is 6.35. The number of allylic oxidation sites excluding steroid dienone is 1. The van der Waals surface area contributed by atoms with E-state index >= 15 is 0 Å². The van der Waals surface area contributed by atoms with Crippen molar-refractivity contribution in [2.24, 2.45) is 5.92 Å². The van der Waals surface area contributed by atoms with E-state index in [-0.39, 0.29) is 11.3 Å². The molecule has 0 aliphatic heterocycles. The quantitative estimate of drug-likeness (QED) is 0.340. The summed E-state index contributed by atoms with van der Waals surface area (Å²) in [7, 11) is 0. The zero-order valence-corrected chi connectivity index (χ0v) is 13.6. The lowest BCUT2D eigenvalue weighted by molar-refractivity contribution is 0.104. The Labute approximate surface area is 133 Å². The van der Waals surface area contributed by atoms with Gasteiger partial charge in [0.25, 0.3) is 0 Å². The Morgan fingerprint density at radius 3 is 2.59 bits per heavy atom. The zero-order chi connectivity index (χ0) is 15.9. The lowest BCUT2D eigenvalue weighted by Crippen LogP contribution is -2.14. The van der Waals surface area contributed by atoms with Gasteiger partial charge in [0, 0.05) is 0 Å². The van der Waals surface area contributed by atoms with Crippen LogP contribution in [0.1, 0.15) is 80.1 Å². The van der Waals surface area contributed by atoms with E-state index in [9.17, 15) is 9.18 Å². The minimum Gasteiger partial charge on any atom is -0.289 e. The van der Waals surface area contributed by atoms with Crippen LogP contribution in [0.25, 0.3) is 0 Å². The topological polar surface area (TPSA) is 17.1 Å². The van der Waals surface area contributed by atoms with Crippen molar-refractivity contribution >= 4 is 5.78 Å². The first-order chi connectivity index (χ1) is 10.7. The van der Waals surface area contributed by atoms with E-state index < -0.39 is 5.82 Å². The van der Waals surface area contributed by atoms with Crippen molar-refractivity contribution in [3.8, 4) is 0 Å². The maximum atomic E-state index is 14.1. The summed E-state index contributed by atoms with van der Waals surface area (Å²) in [5.41, 5.74) is 1.18. The van der Waals surface area contributed by atoms with Gasteiger partial charge in [0.15, 0.2) is 5.78 Å². The molecule has 0 radical (unpaired) electrons. The lowest BCUT2D eigenvalue weighted by Gasteiger charge is -2.29. The van der Waals surface area contributed by atoms with Crippen molar-refractivity contribution < 1.29 is 9.18 Å². The summed E-state index contributed by atoms with van der Waals surface area (Å²) in [5.74, 6) is 0.551. The van der Waals surface area contributed by atoms with Crippen LogP contribution in [0.15, 0.2) is 30.9 Å². The normalized spacial score (nSPS) is 21.5. The third kappa shape index (κ3) is 4.28. The molecule has 2 heteroatoms. The van der Waals surface area contributed by atoms with E-state index in [2.05, 4.69) is 13.5 Å². The summed E-state index contributed by atoms with van der Waals surface area (Å²) < 4.78 is 14.1. The van der Waals surface area contributed by atoms with Gasteiger partial charge in [-0.25, -0.2) is 4.39 Å². The smallest absolute Gasteiger partial charge is 0.188 e. The Balaban J connectivity index is 1.92. The maximum Gasteiger partial charge on any atom is 0.188 e. The second-order valence-electron chi connectivity index (χ2n) is 6.52. The molecule has 0 spiro atoms. The van der Waals surface area contributed by atoms with Crippen LogP contribution >= 0.6 is 0 Å². The molecule has 1 aromatic carbocycles. The number of hydrogen-bond acceptors (Lipinski definition) is 1. The maximum absolute atomic E-state index is 14.1. The number of ketones is 1. The molecule has 0 amide bonds. The van der Waals surface area contributed by atoms with Crippen LogP contribution < -0.4 is 0 Å². The molecule has 0 saturated heterocycles. The monoisotopic (exact) mass is 302 g/mol. The molecule has 1 nitrogen and oxygen atoms in total. The number of benzene rings is 1. The van der Waals surface area contributed by atoms with E-state index in [4.69, 9.17) is 0 Å². The second-order valence-corrected chi connectivity index (χ2v) is 6.52. The van der Waals surface area contributed by atoms with Gasteiger partial charge in [0.05, 0.1) is 5.56 Å². The molecule has 1 aromatic rings. The molecule has 1 aliphatic rings. The molecule has 22 heavy (non-hydrogen) atoms. The fraction of sp³-hybridized carbons (Fsp3) is 0.550. The molecule has 0 unspecified atom stereocenters. The van der Waals surface area contributed by atoms with E-state index in [1.165, 1.54) is 44.6 Å². The molecular weight excluding hydrogens is 275 g/mol. The van der Waals surface area contributed by atoms with Crippen molar-refractivity contribution in [2.45, 2.75) is 64.2 Å². The average molecular weight is 302 g/mol. The SMILES string of the molecule is C=CC(=O)c1ccc(C2CCC(CCCCC)CC2)cc1F. The Hall–Kier alpha value is -1.44. The molecule has 0 aromatic heterocycles. The highest BCUT2D eigenvalue weighted by atomic mass is 19.1. The van der Waals surface area contributed by atoms with Gasteiger partial charge in [0.1, 0.15) is 5.82 Å². The summed E-state index contributed by atoms with van der Waals surface area (Å²) in [4.78, 5) is 11.5. The molecule has 1 fully saturated rings. The van der Waals surface area contributed by atoms with Crippen molar-refractivity contribution in [1.29, 1.82) is 0 Å². The van der Waals surface area contributed by atoms with Gasteiger partial charge >= 0.3 is 0 Å². The van der Waals surface area contributed by atoms with E-state index in [0.717, 1.165) is 24.3 Å². The van der Waals surface area contributed by atoms with Crippen molar-refractivity contribution in [1.82, 2.24) is 0 Å². The Morgan fingerprint density at radius 2 is 2.00 bits per heavy atom. The highest BCUT2D eigenvalue weighted by Crippen LogP contribution is 2.38. The summed E-state index contributed by atoms with van der Waals surface area (Å²) in [5, 5.41) is 0. The van der Waals surface area contributed by atoms with Crippen LogP contribution in [0.5, 0.6) is 0 Å². The van der Waals surface area contributed by atoms with Crippen LogP contribution in [0, 0.1) is 11.7 Å². The summed E-state index contributed by atoms with van der Waals surface area (Å²) in [6.07, 6.45) is 11.3. The van der Waals surface area contributed by atoms with Gasteiger partial charge < -0.3 is 0 Å². The van der Waals surface area contributed by atoms with Gasteiger partial charge in [-0.3, -0.25) is 4.79 Å². The van der Waals surface area contributed by atoms with Crippen LogP contribution in [-0.2, 0) is 0 Å². The van der Waals surface area contributed by atoms with Crippen molar-refractivity contribution in [3.63, 3.8) is 0 Å². The fourth-order valence-electron chi connectivity index (χ4n) is 3.56. The van der Waals surface area contributed by atoms with Crippen LogP contribution in [-0.4, -0.2) is 5.78 Å². The standard InChI is InChI=1S/C20H27FO/c1-3-5-6-7-15-8-10-16(11-9-15)17-12-13-18(19(21)14-17)20(22)4-2/h4,12-16H,2-3,5-11H2,1H3. The Bertz CT molecular complexity index is 512. The average Bonchev–Trinajstić information content (AvgIpc) is 2.55. The predicted octanol–water partition coefficient (Wildman–Crippen LogP) is 6.05. The summed E-state index contributed by atoms with van der Waals surface area (Å²) in [6.45, 7) is 5.66. The number of halogens is 1. The first kappa shape index (κ1) is 16.9. The second kappa shape index (κ2) is 8.26. The van der Waals surface area contributed by atoms with Gasteiger partial charge in [-0.2, -0.15) is 0 Å². The number of carbonyl (C=O) groups excluding carboxylic acids is 1. The first-order valence-corrected chi connectivity index (χ1v) is 8.62. The molecule has 0 N–H and O–H groups in total. The molecule has 1 aliphatic carbocycles. The fourth-order valence-corrected chi connectivity index (χ4v) is 3.56. The highest BCUT2D eigenvalue weighted by molar-refractivity contribution is 6.04.